The molecule has 1 unspecified atom stereocenters. The molecule has 1 aliphatic rings. The van der Waals surface area contributed by atoms with Crippen LogP contribution in [0, 0.1) is 17.2 Å². The lowest BCUT2D eigenvalue weighted by Crippen LogP contribution is -2.39. The van der Waals surface area contributed by atoms with Crippen LogP contribution in [0.3, 0.4) is 0 Å². The fourth-order valence-electron chi connectivity index (χ4n) is 3.21. The molecular formula is C17H26FNO. The zero-order valence-corrected chi connectivity index (χ0v) is 13.0. The zero-order chi connectivity index (χ0) is 14.9. The van der Waals surface area contributed by atoms with Gasteiger partial charge in [0.1, 0.15) is 11.6 Å². The van der Waals surface area contributed by atoms with E-state index in [0.717, 1.165) is 19.0 Å². The van der Waals surface area contributed by atoms with Crippen LogP contribution in [0.4, 0.5) is 4.39 Å². The second-order valence-corrected chi connectivity index (χ2v) is 7.06. The Labute approximate surface area is 121 Å². The number of hydrogen-bond acceptors (Lipinski definition) is 2. The number of phenolic OH excluding ortho intramolecular Hbond substituents is 1. The molecule has 1 heterocycles. The number of aromatic hydroxyl groups is 1. The van der Waals surface area contributed by atoms with Crippen molar-refractivity contribution in [3.8, 4) is 5.75 Å². The Bertz CT molecular complexity index is 459. The Morgan fingerprint density at radius 1 is 1.25 bits per heavy atom. The molecule has 1 N–H and O–H groups in total. The molecule has 20 heavy (non-hydrogen) atoms. The Morgan fingerprint density at radius 3 is 2.40 bits per heavy atom. The van der Waals surface area contributed by atoms with E-state index in [1.165, 1.54) is 31.0 Å². The first-order chi connectivity index (χ1) is 9.29. The van der Waals surface area contributed by atoms with E-state index in [1.54, 1.807) is 0 Å². The largest absolute Gasteiger partial charge is 0.508 e. The van der Waals surface area contributed by atoms with Crippen molar-refractivity contribution >= 4 is 0 Å². The summed E-state index contributed by atoms with van der Waals surface area (Å²) in [5.74, 6) is 0.651. The van der Waals surface area contributed by atoms with Crippen molar-refractivity contribution in [3.63, 3.8) is 0 Å². The highest BCUT2D eigenvalue weighted by Gasteiger charge is 2.31. The molecule has 1 aromatic rings. The van der Waals surface area contributed by atoms with Crippen LogP contribution < -0.4 is 0 Å². The summed E-state index contributed by atoms with van der Waals surface area (Å²) in [5, 5.41) is 9.92. The first kappa shape index (κ1) is 15.3. The average Bonchev–Trinajstić information content (AvgIpc) is 2.40. The Morgan fingerprint density at radius 2 is 1.85 bits per heavy atom. The Balaban J connectivity index is 2.05. The smallest absolute Gasteiger partial charge is 0.123 e. The van der Waals surface area contributed by atoms with Gasteiger partial charge in [-0.3, -0.25) is 4.90 Å². The van der Waals surface area contributed by atoms with Crippen molar-refractivity contribution in [3.05, 3.63) is 29.6 Å². The lowest BCUT2D eigenvalue weighted by atomic mass is 9.75. The summed E-state index contributed by atoms with van der Waals surface area (Å²) in [4.78, 5) is 2.34. The minimum atomic E-state index is -0.283. The molecule has 1 fully saturated rings. The van der Waals surface area contributed by atoms with Crippen LogP contribution in [0.5, 0.6) is 5.75 Å². The Kier molecular flexibility index (Phi) is 4.38. The van der Waals surface area contributed by atoms with Gasteiger partial charge in [-0.05, 0) is 62.4 Å². The third-order valence-electron chi connectivity index (χ3n) is 4.74. The van der Waals surface area contributed by atoms with Crippen LogP contribution >= 0.6 is 0 Å². The molecule has 0 aliphatic carbocycles. The number of piperidine rings is 1. The van der Waals surface area contributed by atoms with Gasteiger partial charge in [0.15, 0.2) is 0 Å². The number of hydrogen-bond donors (Lipinski definition) is 1. The van der Waals surface area contributed by atoms with E-state index in [4.69, 9.17) is 0 Å². The molecular weight excluding hydrogens is 253 g/mol. The highest BCUT2D eigenvalue weighted by molar-refractivity contribution is 5.35. The van der Waals surface area contributed by atoms with E-state index in [2.05, 4.69) is 25.7 Å². The second-order valence-electron chi connectivity index (χ2n) is 7.06. The van der Waals surface area contributed by atoms with Gasteiger partial charge in [0.05, 0.1) is 0 Å². The van der Waals surface area contributed by atoms with Crippen molar-refractivity contribution in [2.45, 2.75) is 46.6 Å². The summed E-state index contributed by atoms with van der Waals surface area (Å²) < 4.78 is 13.4. The standard InChI is InChI=1S/C17H26FNO/c1-12(15-11-14(18)5-6-16(15)20)19-9-7-13(8-10-19)17(2,3)4/h5-6,11-13,20H,7-10H2,1-4H3. The minimum Gasteiger partial charge on any atom is -0.508 e. The maximum absolute atomic E-state index is 13.4. The summed E-state index contributed by atoms with van der Waals surface area (Å²) in [7, 11) is 0. The normalized spacial score (nSPS) is 20.1. The highest BCUT2D eigenvalue weighted by atomic mass is 19.1. The van der Waals surface area contributed by atoms with Crippen molar-refractivity contribution in [1.82, 2.24) is 4.90 Å². The molecule has 0 radical (unpaired) electrons. The monoisotopic (exact) mass is 279 g/mol. The van der Waals surface area contributed by atoms with Crippen molar-refractivity contribution in [2.75, 3.05) is 13.1 Å². The first-order valence-corrected chi connectivity index (χ1v) is 7.51. The van der Waals surface area contributed by atoms with Crippen LogP contribution in [0.2, 0.25) is 0 Å². The van der Waals surface area contributed by atoms with E-state index >= 15 is 0 Å². The third-order valence-corrected chi connectivity index (χ3v) is 4.74. The maximum Gasteiger partial charge on any atom is 0.123 e. The van der Waals surface area contributed by atoms with E-state index in [1.807, 2.05) is 6.92 Å². The topological polar surface area (TPSA) is 23.5 Å². The van der Waals surface area contributed by atoms with Gasteiger partial charge in [-0.15, -0.1) is 0 Å². The van der Waals surface area contributed by atoms with E-state index in [9.17, 15) is 9.50 Å². The maximum atomic E-state index is 13.4. The third kappa shape index (κ3) is 3.32. The molecule has 1 aromatic carbocycles. The van der Waals surface area contributed by atoms with Gasteiger partial charge in [0.25, 0.3) is 0 Å². The molecule has 1 aliphatic heterocycles. The molecule has 1 atom stereocenters. The second kappa shape index (κ2) is 5.72. The zero-order valence-electron chi connectivity index (χ0n) is 13.0. The molecule has 1 saturated heterocycles. The van der Waals surface area contributed by atoms with Crippen molar-refractivity contribution in [2.24, 2.45) is 11.3 Å². The molecule has 2 rings (SSSR count). The number of benzene rings is 1. The molecule has 3 heteroatoms. The van der Waals surface area contributed by atoms with Crippen LogP contribution in [-0.2, 0) is 0 Å². The SMILES string of the molecule is CC(c1cc(F)ccc1O)N1CCC(C(C)(C)C)CC1. The molecule has 0 amide bonds. The van der Waals surface area contributed by atoms with E-state index in [-0.39, 0.29) is 17.6 Å². The predicted octanol–water partition coefficient (Wildman–Crippen LogP) is 4.35. The van der Waals surface area contributed by atoms with Crippen LogP contribution in [-0.4, -0.2) is 23.1 Å². The van der Waals surface area contributed by atoms with Crippen LogP contribution in [0.1, 0.15) is 52.1 Å². The number of rotatable bonds is 2. The summed E-state index contributed by atoms with van der Waals surface area (Å²) in [5.41, 5.74) is 1.05. The van der Waals surface area contributed by atoms with Gasteiger partial charge in [-0.25, -0.2) is 4.39 Å². The number of nitrogens with zero attached hydrogens (tertiary/aromatic N) is 1. The van der Waals surface area contributed by atoms with Crippen molar-refractivity contribution < 1.29 is 9.50 Å². The first-order valence-electron chi connectivity index (χ1n) is 7.51. The van der Waals surface area contributed by atoms with Crippen molar-refractivity contribution in [1.29, 1.82) is 0 Å². The number of phenols is 1. The number of halogens is 1. The highest BCUT2D eigenvalue weighted by Crippen LogP contribution is 2.37. The fraction of sp³-hybridized carbons (Fsp3) is 0.647. The van der Waals surface area contributed by atoms with Gasteiger partial charge in [-0.2, -0.15) is 0 Å². The molecule has 0 aromatic heterocycles. The molecule has 0 bridgehead atoms. The summed E-state index contributed by atoms with van der Waals surface area (Å²) in [6.07, 6.45) is 2.34. The molecule has 0 saturated carbocycles. The fourth-order valence-corrected chi connectivity index (χ4v) is 3.21. The lowest BCUT2D eigenvalue weighted by Gasteiger charge is -2.41. The van der Waals surface area contributed by atoms with Gasteiger partial charge in [-0.1, -0.05) is 20.8 Å². The van der Waals surface area contributed by atoms with E-state index in [0.29, 0.717) is 11.0 Å². The van der Waals surface area contributed by atoms with Gasteiger partial charge in [0, 0.05) is 11.6 Å². The van der Waals surface area contributed by atoms with Crippen LogP contribution in [0.25, 0.3) is 0 Å². The molecule has 2 nitrogen and oxygen atoms in total. The predicted molar refractivity (Wildman–Crippen MR) is 80.2 cm³/mol. The van der Waals surface area contributed by atoms with Gasteiger partial charge < -0.3 is 5.11 Å². The summed E-state index contributed by atoms with van der Waals surface area (Å²) >= 11 is 0. The van der Waals surface area contributed by atoms with Gasteiger partial charge >= 0.3 is 0 Å². The average molecular weight is 279 g/mol. The summed E-state index contributed by atoms with van der Waals surface area (Å²) in [6, 6.07) is 4.27. The number of likely N-dealkylation sites (tertiary alicyclic amines) is 1. The summed E-state index contributed by atoms with van der Waals surface area (Å²) in [6.45, 7) is 11.0. The molecule has 112 valence electrons. The minimum absolute atomic E-state index is 0.0617. The lowest BCUT2D eigenvalue weighted by molar-refractivity contribution is 0.0869. The Hall–Kier alpha value is -1.09. The van der Waals surface area contributed by atoms with Gasteiger partial charge in [0.2, 0.25) is 0 Å². The van der Waals surface area contributed by atoms with Crippen LogP contribution in [0.15, 0.2) is 18.2 Å². The van der Waals surface area contributed by atoms with E-state index < -0.39 is 0 Å². The quantitative estimate of drug-likeness (QED) is 0.870. The molecule has 0 spiro atoms.